The number of benzene rings is 1. The Bertz CT molecular complexity index is 339. The van der Waals surface area contributed by atoms with Gasteiger partial charge in [0, 0.05) is 6.54 Å². The number of aromatic carboxylic acids is 2. The third-order valence-corrected chi connectivity index (χ3v) is 2.05. The van der Waals surface area contributed by atoms with Crippen LogP contribution in [0.15, 0.2) is 24.3 Å². The molecule has 0 heterocycles. The summed E-state index contributed by atoms with van der Waals surface area (Å²) >= 11 is 0. The first-order valence-corrected chi connectivity index (χ1v) is 5.53. The van der Waals surface area contributed by atoms with Crippen LogP contribution in [0.5, 0.6) is 0 Å². The Balaban J connectivity index is 0.000000411. The van der Waals surface area contributed by atoms with Crippen molar-refractivity contribution < 1.29 is 19.8 Å². The van der Waals surface area contributed by atoms with Gasteiger partial charge in [-0.05, 0) is 30.7 Å². The van der Waals surface area contributed by atoms with Crippen LogP contribution in [0.2, 0.25) is 0 Å². The predicted molar refractivity (Wildman–Crippen MR) is 67.5 cm³/mol. The molecule has 100 valence electrons. The third-order valence-electron chi connectivity index (χ3n) is 2.05. The molecule has 1 aromatic carbocycles. The average Bonchev–Trinajstić information content (AvgIpc) is 2.37. The molecule has 0 aliphatic heterocycles. The Labute approximate surface area is 105 Å². The van der Waals surface area contributed by atoms with Crippen molar-refractivity contribution in [3.05, 3.63) is 35.4 Å². The summed E-state index contributed by atoms with van der Waals surface area (Å²) < 4.78 is 0. The number of nitrogens with two attached hydrogens (primary N) is 1. The zero-order chi connectivity index (χ0) is 14.0. The van der Waals surface area contributed by atoms with E-state index in [0.29, 0.717) is 0 Å². The molecule has 0 saturated carbocycles. The van der Waals surface area contributed by atoms with Crippen molar-refractivity contribution in [1.29, 1.82) is 0 Å². The maximum absolute atomic E-state index is 10.3. The van der Waals surface area contributed by atoms with Crippen LogP contribution in [0.4, 0.5) is 0 Å². The minimum Gasteiger partial charge on any atom is -0.478 e. The number of unbranched alkanes of at least 4 members (excludes halogenated alkanes) is 1. The topological polar surface area (TPSA) is 113 Å². The standard InChI is InChI=1S/C8H6O4.C4H12N2/c9-7(10)5-1-2-6(4-3-5)8(11)12;1-2-3-4-6-5/h1-4H,(H,9,10)(H,11,12);6H,2-5H2,1H3. The van der Waals surface area contributed by atoms with Crippen LogP contribution in [-0.2, 0) is 0 Å². The maximum Gasteiger partial charge on any atom is 0.335 e. The lowest BCUT2D eigenvalue weighted by atomic mass is 10.1. The molecule has 0 aliphatic carbocycles. The number of rotatable bonds is 5. The van der Waals surface area contributed by atoms with E-state index in [2.05, 4.69) is 12.3 Å². The van der Waals surface area contributed by atoms with Gasteiger partial charge in [0.15, 0.2) is 0 Å². The van der Waals surface area contributed by atoms with Crippen LogP contribution in [0.1, 0.15) is 40.5 Å². The monoisotopic (exact) mass is 254 g/mol. The maximum atomic E-state index is 10.3. The molecule has 0 aromatic heterocycles. The quantitative estimate of drug-likeness (QED) is 0.358. The number of carbonyl (C=O) groups is 2. The minimum atomic E-state index is -1.06. The van der Waals surface area contributed by atoms with Crippen molar-refractivity contribution >= 4 is 11.9 Å². The minimum absolute atomic E-state index is 0.0833. The van der Waals surface area contributed by atoms with E-state index in [0.717, 1.165) is 6.54 Å². The van der Waals surface area contributed by atoms with Crippen molar-refractivity contribution in [2.24, 2.45) is 5.84 Å². The number of carboxylic acids is 2. The second kappa shape index (κ2) is 9.15. The highest BCUT2D eigenvalue weighted by atomic mass is 16.4. The van der Waals surface area contributed by atoms with E-state index in [1.165, 1.54) is 37.1 Å². The van der Waals surface area contributed by atoms with Gasteiger partial charge in [0.1, 0.15) is 0 Å². The van der Waals surface area contributed by atoms with Crippen LogP contribution >= 0.6 is 0 Å². The fourth-order valence-electron chi connectivity index (χ4n) is 1.03. The molecule has 0 radical (unpaired) electrons. The van der Waals surface area contributed by atoms with Crippen LogP contribution in [0.3, 0.4) is 0 Å². The second-order valence-electron chi connectivity index (χ2n) is 3.50. The molecule has 0 bridgehead atoms. The summed E-state index contributed by atoms with van der Waals surface area (Å²) in [6, 6.07) is 5.02. The summed E-state index contributed by atoms with van der Waals surface area (Å²) in [6.45, 7) is 3.08. The molecule has 1 rings (SSSR count). The van der Waals surface area contributed by atoms with Crippen LogP contribution in [0.25, 0.3) is 0 Å². The van der Waals surface area contributed by atoms with Crippen molar-refractivity contribution in [3.8, 4) is 0 Å². The molecular weight excluding hydrogens is 236 g/mol. The van der Waals surface area contributed by atoms with Gasteiger partial charge >= 0.3 is 11.9 Å². The number of carboxylic acid groups (broad SMARTS) is 2. The highest BCUT2D eigenvalue weighted by Crippen LogP contribution is 2.03. The molecule has 0 unspecified atom stereocenters. The largest absolute Gasteiger partial charge is 0.478 e. The molecule has 1 aromatic rings. The SMILES string of the molecule is CCCCNN.O=C(O)c1ccc(C(=O)O)cc1. The van der Waals surface area contributed by atoms with Gasteiger partial charge in [-0.15, -0.1) is 0 Å². The lowest BCUT2D eigenvalue weighted by molar-refractivity contribution is 0.0681. The second-order valence-corrected chi connectivity index (χ2v) is 3.50. The summed E-state index contributed by atoms with van der Waals surface area (Å²) in [6.07, 6.45) is 2.39. The van der Waals surface area contributed by atoms with Gasteiger partial charge in [-0.1, -0.05) is 13.3 Å². The summed E-state index contributed by atoms with van der Waals surface area (Å²) in [4.78, 5) is 20.7. The Kier molecular flexibility index (Phi) is 8.17. The molecule has 0 aliphatic rings. The van der Waals surface area contributed by atoms with E-state index in [1.807, 2.05) is 0 Å². The molecule has 6 nitrogen and oxygen atoms in total. The molecule has 0 atom stereocenters. The van der Waals surface area contributed by atoms with Crippen molar-refractivity contribution in [2.45, 2.75) is 19.8 Å². The molecule has 6 heteroatoms. The highest BCUT2D eigenvalue weighted by Gasteiger charge is 2.04. The molecular formula is C12H18N2O4. The van der Waals surface area contributed by atoms with Gasteiger partial charge in [-0.25, -0.2) is 9.59 Å². The lowest BCUT2D eigenvalue weighted by Crippen LogP contribution is -2.22. The number of nitrogens with one attached hydrogen (secondary N) is 1. The third kappa shape index (κ3) is 6.62. The first-order chi connectivity index (χ1) is 8.52. The predicted octanol–water partition coefficient (Wildman–Crippen LogP) is 1.33. The first-order valence-electron chi connectivity index (χ1n) is 5.53. The zero-order valence-corrected chi connectivity index (χ0v) is 10.2. The van der Waals surface area contributed by atoms with Crippen LogP contribution in [-0.4, -0.2) is 28.7 Å². The summed E-state index contributed by atoms with van der Waals surface area (Å²) in [5.41, 5.74) is 2.74. The van der Waals surface area contributed by atoms with Gasteiger partial charge < -0.3 is 10.2 Å². The van der Waals surface area contributed by atoms with E-state index in [9.17, 15) is 9.59 Å². The van der Waals surface area contributed by atoms with Crippen LogP contribution in [0, 0.1) is 0 Å². The summed E-state index contributed by atoms with van der Waals surface area (Å²) in [7, 11) is 0. The van der Waals surface area contributed by atoms with Gasteiger partial charge in [0.25, 0.3) is 0 Å². The lowest BCUT2D eigenvalue weighted by Gasteiger charge is -1.94. The molecule has 18 heavy (non-hydrogen) atoms. The van der Waals surface area contributed by atoms with E-state index >= 15 is 0 Å². The number of hydrogen-bond donors (Lipinski definition) is 4. The highest BCUT2D eigenvalue weighted by molar-refractivity contribution is 5.91. The molecule has 0 amide bonds. The van der Waals surface area contributed by atoms with Gasteiger partial charge in [0.2, 0.25) is 0 Å². The fourth-order valence-corrected chi connectivity index (χ4v) is 1.03. The normalized spacial score (nSPS) is 9.22. The molecule has 0 fully saturated rings. The zero-order valence-electron chi connectivity index (χ0n) is 10.2. The van der Waals surface area contributed by atoms with E-state index in [1.54, 1.807) is 0 Å². The Hall–Kier alpha value is -1.92. The van der Waals surface area contributed by atoms with E-state index in [-0.39, 0.29) is 11.1 Å². The van der Waals surface area contributed by atoms with Crippen LogP contribution < -0.4 is 11.3 Å². The van der Waals surface area contributed by atoms with Gasteiger partial charge in [-0.2, -0.15) is 0 Å². The van der Waals surface area contributed by atoms with Crippen molar-refractivity contribution in [1.82, 2.24) is 5.43 Å². The summed E-state index contributed by atoms with van der Waals surface area (Å²) in [5, 5.41) is 16.9. The Morgan fingerprint density at radius 2 is 1.50 bits per heavy atom. The van der Waals surface area contributed by atoms with E-state index < -0.39 is 11.9 Å². The molecule has 0 spiro atoms. The number of hydrazine groups is 1. The Morgan fingerprint density at radius 1 is 1.11 bits per heavy atom. The molecule has 0 saturated heterocycles. The van der Waals surface area contributed by atoms with Gasteiger partial charge in [0.05, 0.1) is 11.1 Å². The first kappa shape index (κ1) is 16.1. The smallest absolute Gasteiger partial charge is 0.335 e. The Morgan fingerprint density at radius 3 is 1.67 bits per heavy atom. The van der Waals surface area contributed by atoms with Crippen molar-refractivity contribution in [2.75, 3.05) is 6.54 Å². The molecule has 5 N–H and O–H groups in total. The van der Waals surface area contributed by atoms with E-state index in [4.69, 9.17) is 16.1 Å². The number of hydrogen-bond acceptors (Lipinski definition) is 4. The summed E-state index contributed by atoms with van der Waals surface area (Å²) in [5.74, 6) is 2.84. The van der Waals surface area contributed by atoms with Gasteiger partial charge in [-0.3, -0.25) is 11.3 Å². The fraction of sp³-hybridized carbons (Fsp3) is 0.333. The van der Waals surface area contributed by atoms with Crippen molar-refractivity contribution in [3.63, 3.8) is 0 Å². The average molecular weight is 254 g/mol.